The van der Waals surface area contributed by atoms with Gasteiger partial charge in [-0.3, -0.25) is 4.90 Å². The van der Waals surface area contributed by atoms with Crippen molar-refractivity contribution in [1.82, 2.24) is 10.2 Å². The topological polar surface area (TPSA) is 15.3 Å². The Labute approximate surface area is 123 Å². The lowest BCUT2D eigenvalue weighted by atomic mass is 10.1. The monoisotopic (exact) mass is 272 g/mol. The van der Waals surface area contributed by atoms with Gasteiger partial charge in [0.25, 0.3) is 0 Å². The summed E-state index contributed by atoms with van der Waals surface area (Å²) in [5.41, 5.74) is 4.34. The Morgan fingerprint density at radius 3 is 2.80 bits per heavy atom. The number of nitrogens with zero attached hydrogens (tertiary/aromatic N) is 1. The summed E-state index contributed by atoms with van der Waals surface area (Å²) in [6, 6.07) is 9.01. The Morgan fingerprint density at radius 2 is 2.05 bits per heavy atom. The van der Waals surface area contributed by atoms with Gasteiger partial charge in [0.2, 0.25) is 0 Å². The maximum atomic E-state index is 3.52. The third-order valence-corrected chi connectivity index (χ3v) is 3.69. The van der Waals surface area contributed by atoms with E-state index >= 15 is 0 Å². The molecule has 110 valence electrons. The number of hydrogen-bond donors (Lipinski definition) is 1. The SMILES string of the molecule is CC1=CCCN(Cc2cccc(CNCC(C)C)c2)C1. The normalized spacial score (nSPS) is 16.5. The van der Waals surface area contributed by atoms with Gasteiger partial charge in [-0.25, -0.2) is 0 Å². The van der Waals surface area contributed by atoms with E-state index in [1.807, 2.05) is 0 Å². The van der Waals surface area contributed by atoms with Gasteiger partial charge in [-0.2, -0.15) is 0 Å². The molecule has 2 nitrogen and oxygen atoms in total. The van der Waals surface area contributed by atoms with Crippen LogP contribution in [-0.4, -0.2) is 24.5 Å². The lowest BCUT2D eigenvalue weighted by Crippen LogP contribution is -2.28. The molecule has 0 radical (unpaired) electrons. The zero-order valence-corrected chi connectivity index (χ0v) is 13.2. The predicted molar refractivity (Wildman–Crippen MR) is 86.6 cm³/mol. The Hall–Kier alpha value is -1.12. The highest BCUT2D eigenvalue weighted by Crippen LogP contribution is 2.14. The van der Waals surface area contributed by atoms with Crippen molar-refractivity contribution in [3.63, 3.8) is 0 Å². The number of rotatable bonds is 6. The van der Waals surface area contributed by atoms with Crippen molar-refractivity contribution in [1.29, 1.82) is 0 Å². The maximum absolute atomic E-state index is 3.52. The van der Waals surface area contributed by atoms with Crippen molar-refractivity contribution >= 4 is 0 Å². The predicted octanol–water partition coefficient (Wildman–Crippen LogP) is 3.58. The fraction of sp³-hybridized carbons (Fsp3) is 0.556. The molecule has 0 aromatic heterocycles. The first kappa shape index (κ1) is 15.3. The molecule has 20 heavy (non-hydrogen) atoms. The lowest BCUT2D eigenvalue weighted by Gasteiger charge is -2.26. The molecule has 1 aromatic rings. The van der Waals surface area contributed by atoms with Crippen molar-refractivity contribution in [2.24, 2.45) is 5.92 Å². The average Bonchev–Trinajstić information content (AvgIpc) is 2.39. The first-order valence-corrected chi connectivity index (χ1v) is 7.80. The fourth-order valence-electron chi connectivity index (χ4n) is 2.73. The molecule has 0 amide bonds. The van der Waals surface area contributed by atoms with Crippen LogP contribution in [-0.2, 0) is 13.1 Å². The first-order chi connectivity index (χ1) is 9.63. The average molecular weight is 272 g/mol. The molecular weight excluding hydrogens is 244 g/mol. The molecule has 0 aliphatic carbocycles. The summed E-state index contributed by atoms with van der Waals surface area (Å²) >= 11 is 0. The van der Waals surface area contributed by atoms with E-state index in [9.17, 15) is 0 Å². The minimum Gasteiger partial charge on any atom is -0.312 e. The van der Waals surface area contributed by atoms with E-state index in [4.69, 9.17) is 0 Å². The van der Waals surface area contributed by atoms with Gasteiger partial charge < -0.3 is 5.32 Å². The van der Waals surface area contributed by atoms with Crippen molar-refractivity contribution in [2.45, 2.75) is 40.3 Å². The van der Waals surface area contributed by atoms with Crippen LogP contribution < -0.4 is 5.32 Å². The molecule has 0 fully saturated rings. The van der Waals surface area contributed by atoms with Crippen molar-refractivity contribution < 1.29 is 0 Å². The quantitative estimate of drug-likeness (QED) is 0.796. The van der Waals surface area contributed by atoms with E-state index < -0.39 is 0 Å². The van der Waals surface area contributed by atoms with Crippen molar-refractivity contribution in [3.8, 4) is 0 Å². The van der Waals surface area contributed by atoms with E-state index in [1.165, 1.54) is 29.7 Å². The Bertz CT molecular complexity index is 448. The van der Waals surface area contributed by atoms with Crippen molar-refractivity contribution in [2.75, 3.05) is 19.6 Å². The zero-order chi connectivity index (χ0) is 14.4. The molecule has 0 unspecified atom stereocenters. The molecule has 1 N–H and O–H groups in total. The van der Waals surface area contributed by atoms with E-state index in [1.54, 1.807) is 0 Å². The molecular formula is C18H28N2. The Balaban J connectivity index is 1.87. The largest absolute Gasteiger partial charge is 0.312 e. The summed E-state index contributed by atoms with van der Waals surface area (Å²) in [5.74, 6) is 0.710. The number of hydrogen-bond acceptors (Lipinski definition) is 2. The lowest BCUT2D eigenvalue weighted by molar-refractivity contribution is 0.282. The molecule has 0 atom stereocenters. The number of nitrogens with one attached hydrogen (secondary N) is 1. The standard InChI is InChI=1S/C18H28N2/c1-15(2)11-19-12-17-7-4-8-18(10-17)14-20-9-5-6-16(3)13-20/h4,6-8,10,15,19H,5,9,11-14H2,1-3H3. The molecule has 1 aliphatic heterocycles. The minimum atomic E-state index is 0.710. The Morgan fingerprint density at radius 1 is 1.25 bits per heavy atom. The van der Waals surface area contributed by atoms with Gasteiger partial charge in [-0.05, 0) is 36.9 Å². The molecule has 0 bridgehead atoms. The van der Waals surface area contributed by atoms with Gasteiger partial charge in [0.05, 0.1) is 0 Å². The second kappa shape index (κ2) is 7.61. The second-order valence-electron chi connectivity index (χ2n) is 6.39. The molecule has 1 aromatic carbocycles. The minimum absolute atomic E-state index is 0.710. The number of benzene rings is 1. The highest BCUT2D eigenvalue weighted by molar-refractivity contribution is 5.23. The third kappa shape index (κ3) is 5.10. The van der Waals surface area contributed by atoms with Gasteiger partial charge >= 0.3 is 0 Å². The van der Waals surface area contributed by atoms with Gasteiger partial charge in [0.1, 0.15) is 0 Å². The van der Waals surface area contributed by atoms with E-state index in [0.717, 1.165) is 26.2 Å². The van der Waals surface area contributed by atoms with Crippen LogP contribution in [0.15, 0.2) is 35.9 Å². The van der Waals surface area contributed by atoms with E-state index in [-0.39, 0.29) is 0 Å². The van der Waals surface area contributed by atoms with E-state index in [2.05, 4.69) is 61.3 Å². The summed E-state index contributed by atoms with van der Waals surface area (Å²) in [5, 5.41) is 3.52. The summed E-state index contributed by atoms with van der Waals surface area (Å²) in [7, 11) is 0. The fourth-order valence-corrected chi connectivity index (χ4v) is 2.73. The van der Waals surface area contributed by atoms with Gasteiger partial charge in [0.15, 0.2) is 0 Å². The molecule has 0 saturated heterocycles. The molecule has 2 rings (SSSR count). The van der Waals surface area contributed by atoms with Crippen LogP contribution in [0.5, 0.6) is 0 Å². The van der Waals surface area contributed by atoms with Crippen LogP contribution in [0.25, 0.3) is 0 Å². The summed E-state index contributed by atoms with van der Waals surface area (Å²) in [6.07, 6.45) is 3.56. The van der Waals surface area contributed by atoms with Gasteiger partial charge in [0, 0.05) is 26.2 Å². The van der Waals surface area contributed by atoms with Crippen molar-refractivity contribution in [3.05, 3.63) is 47.0 Å². The van der Waals surface area contributed by atoms with Crippen LogP contribution in [0.2, 0.25) is 0 Å². The van der Waals surface area contributed by atoms with Crippen LogP contribution in [0.3, 0.4) is 0 Å². The van der Waals surface area contributed by atoms with Crippen LogP contribution in [0.1, 0.15) is 38.3 Å². The second-order valence-corrected chi connectivity index (χ2v) is 6.39. The maximum Gasteiger partial charge on any atom is 0.0237 e. The first-order valence-electron chi connectivity index (χ1n) is 7.80. The van der Waals surface area contributed by atoms with Crippen LogP contribution >= 0.6 is 0 Å². The third-order valence-electron chi connectivity index (χ3n) is 3.69. The molecule has 1 aliphatic rings. The van der Waals surface area contributed by atoms with Gasteiger partial charge in [-0.15, -0.1) is 0 Å². The summed E-state index contributed by atoms with van der Waals surface area (Å²) in [4.78, 5) is 2.54. The summed E-state index contributed by atoms with van der Waals surface area (Å²) in [6.45, 7) is 12.2. The highest BCUT2D eigenvalue weighted by Gasteiger charge is 2.10. The highest BCUT2D eigenvalue weighted by atomic mass is 15.1. The molecule has 0 saturated carbocycles. The smallest absolute Gasteiger partial charge is 0.0237 e. The Kier molecular flexibility index (Phi) is 5.81. The van der Waals surface area contributed by atoms with E-state index in [0.29, 0.717) is 5.92 Å². The summed E-state index contributed by atoms with van der Waals surface area (Å²) < 4.78 is 0. The van der Waals surface area contributed by atoms with Crippen LogP contribution in [0, 0.1) is 5.92 Å². The molecule has 1 heterocycles. The van der Waals surface area contributed by atoms with Gasteiger partial charge in [-0.1, -0.05) is 49.8 Å². The molecule has 0 spiro atoms. The molecule has 2 heteroatoms. The zero-order valence-electron chi connectivity index (χ0n) is 13.2. The van der Waals surface area contributed by atoms with Crippen LogP contribution in [0.4, 0.5) is 0 Å².